The Morgan fingerprint density at radius 1 is 1.62 bits per heavy atom. The standard InChI is InChI=1S/C7H8N2O2S2/c10-9(11)6-1-3-13-7(6)8-2-4-12-5-8/h1,3H,2,4-5H2. The molecule has 1 aromatic heterocycles. The Hall–Kier alpha value is -0.750. The van der Waals surface area contributed by atoms with Gasteiger partial charge in [0.25, 0.3) is 0 Å². The molecular weight excluding hydrogens is 208 g/mol. The zero-order chi connectivity index (χ0) is 9.26. The van der Waals surface area contributed by atoms with Crippen LogP contribution in [0.3, 0.4) is 0 Å². The molecule has 1 aliphatic rings. The molecule has 0 radical (unpaired) electrons. The lowest BCUT2D eigenvalue weighted by molar-refractivity contribution is -0.383. The van der Waals surface area contributed by atoms with Gasteiger partial charge in [0.15, 0.2) is 5.00 Å². The molecular formula is C7H8N2O2S2. The van der Waals surface area contributed by atoms with Gasteiger partial charge in [-0.25, -0.2) is 0 Å². The summed E-state index contributed by atoms with van der Waals surface area (Å²) >= 11 is 3.26. The molecule has 0 unspecified atom stereocenters. The third-order valence-electron chi connectivity index (χ3n) is 1.86. The van der Waals surface area contributed by atoms with Crippen LogP contribution in [0, 0.1) is 10.1 Å². The Labute approximate surface area is 83.7 Å². The Balaban J connectivity index is 2.28. The van der Waals surface area contributed by atoms with E-state index in [0.717, 1.165) is 23.2 Å². The van der Waals surface area contributed by atoms with Crippen LogP contribution in [0.5, 0.6) is 0 Å². The molecule has 2 heterocycles. The van der Waals surface area contributed by atoms with Crippen molar-refractivity contribution in [3.63, 3.8) is 0 Å². The number of hydrogen-bond acceptors (Lipinski definition) is 5. The fourth-order valence-electron chi connectivity index (χ4n) is 1.24. The lowest BCUT2D eigenvalue weighted by atomic mass is 10.5. The van der Waals surface area contributed by atoms with Crippen molar-refractivity contribution in [1.29, 1.82) is 0 Å². The van der Waals surface area contributed by atoms with Crippen LogP contribution in [0.4, 0.5) is 10.7 Å². The zero-order valence-electron chi connectivity index (χ0n) is 6.80. The minimum Gasteiger partial charge on any atom is -0.348 e. The van der Waals surface area contributed by atoms with Crippen LogP contribution in [0.25, 0.3) is 0 Å². The Kier molecular flexibility index (Phi) is 2.41. The topological polar surface area (TPSA) is 46.4 Å². The Bertz CT molecular complexity index is 320. The number of anilines is 1. The number of nitro groups is 1. The van der Waals surface area contributed by atoms with E-state index in [2.05, 4.69) is 4.90 Å². The van der Waals surface area contributed by atoms with E-state index in [4.69, 9.17) is 0 Å². The SMILES string of the molecule is O=[N+]([O-])c1ccsc1N1CCSC1. The van der Waals surface area contributed by atoms with Crippen molar-refractivity contribution in [3.8, 4) is 0 Å². The fourth-order valence-corrected chi connectivity index (χ4v) is 3.18. The molecule has 70 valence electrons. The van der Waals surface area contributed by atoms with Gasteiger partial charge in [-0.3, -0.25) is 10.1 Å². The second-order valence-corrected chi connectivity index (χ2v) is 4.64. The molecule has 0 N–H and O–H groups in total. The first-order chi connectivity index (χ1) is 6.29. The summed E-state index contributed by atoms with van der Waals surface area (Å²) in [6, 6.07) is 1.57. The molecule has 6 heteroatoms. The van der Waals surface area contributed by atoms with Crippen molar-refractivity contribution in [3.05, 3.63) is 21.6 Å². The van der Waals surface area contributed by atoms with Gasteiger partial charge < -0.3 is 4.90 Å². The second kappa shape index (κ2) is 3.55. The summed E-state index contributed by atoms with van der Waals surface area (Å²) in [5.74, 6) is 1.94. The van der Waals surface area contributed by atoms with Crippen molar-refractivity contribution < 1.29 is 4.92 Å². The molecule has 0 bridgehead atoms. The average Bonchev–Trinajstić information content (AvgIpc) is 2.74. The van der Waals surface area contributed by atoms with Gasteiger partial charge >= 0.3 is 5.69 Å². The average molecular weight is 216 g/mol. The third kappa shape index (κ3) is 1.64. The summed E-state index contributed by atoms with van der Waals surface area (Å²) in [5, 5.41) is 13.2. The molecule has 1 fully saturated rings. The lowest BCUT2D eigenvalue weighted by Gasteiger charge is -2.12. The Morgan fingerprint density at radius 3 is 3.08 bits per heavy atom. The van der Waals surface area contributed by atoms with Gasteiger partial charge in [0, 0.05) is 18.4 Å². The van der Waals surface area contributed by atoms with E-state index in [1.165, 1.54) is 11.3 Å². The van der Waals surface area contributed by atoms with Crippen LogP contribution in [0.1, 0.15) is 0 Å². The van der Waals surface area contributed by atoms with E-state index >= 15 is 0 Å². The van der Waals surface area contributed by atoms with E-state index in [1.54, 1.807) is 11.4 Å². The largest absolute Gasteiger partial charge is 0.348 e. The monoisotopic (exact) mass is 216 g/mol. The number of thiophene rings is 1. The normalized spacial score (nSPS) is 16.5. The second-order valence-electron chi connectivity index (χ2n) is 2.67. The fraction of sp³-hybridized carbons (Fsp3) is 0.429. The van der Waals surface area contributed by atoms with Gasteiger partial charge in [-0.05, 0) is 5.38 Å². The van der Waals surface area contributed by atoms with Gasteiger partial charge in [-0.2, -0.15) is 0 Å². The molecule has 1 saturated heterocycles. The predicted molar refractivity (Wildman–Crippen MR) is 55.6 cm³/mol. The zero-order valence-corrected chi connectivity index (χ0v) is 8.44. The molecule has 0 amide bonds. The number of thioether (sulfide) groups is 1. The molecule has 4 nitrogen and oxygen atoms in total. The van der Waals surface area contributed by atoms with Gasteiger partial charge in [0.2, 0.25) is 0 Å². The van der Waals surface area contributed by atoms with Crippen molar-refractivity contribution in [2.24, 2.45) is 0 Å². The van der Waals surface area contributed by atoms with Crippen LogP contribution in [-0.2, 0) is 0 Å². The van der Waals surface area contributed by atoms with Crippen molar-refractivity contribution in [1.82, 2.24) is 0 Å². The number of rotatable bonds is 2. The van der Waals surface area contributed by atoms with E-state index in [1.807, 2.05) is 11.8 Å². The van der Waals surface area contributed by atoms with Crippen molar-refractivity contribution in [2.45, 2.75) is 0 Å². The molecule has 2 rings (SSSR count). The molecule has 0 atom stereocenters. The van der Waals surface area contributed by atoms with Gasteiger partial charge in [-0.15, -0.1) is 23.1 Å². The molecule has 0 spiro atoms. The van der Waals surface area contributed by atoms with Gasteiger partial charge in [-0.1, -0.05) is 0 Å². The summed E-state index contributed by atoms with van der Waals surface area (Å²) in [7, 11) is 0. The van der Waals surface area contributed by atoms with Gasteiger partial charge in [0.1, 0.15) is 0 Å². The van der Waals surface area contributed by atoms with E-state index in [9.17, 15) is 10.1 Å². The Morgan fingerprint density at radius 2 is 2.46 bits per heavy atom. The molecule has 1 aliphatic heterocycles. The molecule has 0 aliphatic carbocycles. The first kappa shape index (κ1) is 8.83. The summed E-state index contributed by atoms with van der Waals surface area (Å²) in [6.07, 6.45) is 0. The lowest BCUT2D eigenvalue weighted by Crippen LogP contribution is -2.17. The third-order valence-corrected chi connectivity index (χ3v) is 3.79. The predicted octanol–water partition coefficient (Wildman–Crippen LogP) is 2.17. The highest BCUT2D eigenvalue weighted by Gasteiger charge is 2.23. The maximum absolute atomic E-state index is 10.6. The molecule has 1 aromatic rings. The highest BCUT2D eigenvalue weighted by Crippen LogP contribution is 2.36. The van der Waals surface area contributed by atoms with Crippen LogP contribution >= 0.6 is 23.1 Å². The quantitative estimate of drug-likeness (QED) is 0.561. The highest BCUT2D eigenvalue weighted by molar-refractivity contribution is 7.99. The smallest absolute Gasteiger partial charge is 0.303 e. The first-order valence-corrected chi connectivity index (χ1v) is 5.87. The summed E-state index contributed by atoms with van der Waals surface area (Å²) in [5.41, 5.74) is 0.243. The summed E-state index contributed by atoms with van der Waals surface area (Å²) in [6.45, 7) is 0.923. The maximum atomic E-state index is 10.6. The van der Waals surface area contributed by atoms with Crippen LogP contribution in [0.15, 0.2) is 11.4 Å². The van der Waals surface area contributed by atoms with E-state index in [0.29, 0.717) is 0 Å². The summed E-state index contributed by atoms with van der Waals surface area (Å²) in [4.78, 5) is 12.4. The summed E-state index contributed by atoms with van der Waals surface area (Å²) < 4.78 is 0. The van der Waals surface area contributed by atoms with Crippen molar-refractivity contribution >= 4 is 33.8 Å². The van der Waals surface area contributed by atoms with E-state index in [-0.39, 0.29) is 10.6 Å². The van der Waals surface area contributed by atoms with Crippen LogP contribution < -0.4 is 4.90 Å². The molecule has 13 heavy (non-hydrogen) atoms. The van der Waals surface area contributed by atoms with E-state index < -0.39 is 0 Å². The molecule has 0 saturated carbocycles. The first-order valence-electron chi connectivity index (χ1n) is 3.83. The minimum atomic E-state index is -0.311. The van der Waals surface area contributed by atoms with Crippen LogP contribution in [0.2, 0.25) is 0 Å². The maximum Gasteiger partial charge on any atom is 0.303 e. The van der Waals surface area contributed by atoms with Crippen LogP contribution in [-0.4, -0.2) is 23.1 Å². The molecule has 0 aromatic carbocycles. The van der Waals surface area contributed by atoms with Gasteiger partial charge in [0.05, 0.1) is 10.8 Å². The minimum absolute atomic E-state index is 0.243. The number of hydrogen-bond donors (Lipinski definition) is 0. The highest BCUT2D eigenvalue weighted by atomic mass is 32.2. The number of nitrogens with zero attached hydrogens (tertiary/aromatic N) is 2. The van der Waals surface area contributed by atoms with Crippen molar-refractivity contribution in [2.75, 3.05) is 23.1 Å².